The summed E-state index contributed by atoms with van der Waals surface area (Å²) in [7, 11) is 0. The first kappa shape index (κ1) is 35.2. The minimum absolute atomic E-state index is 0.161. The molecular formula is C58H45N. The second-order valence-corrected chi connectivity index (χ2v) is 17.3. The van der Waals surface area contributed by atoms with Crippen molar-refractivity contribution >= 4 is 27.8 Å². The van der Waals surface area contributed by atoms with Crippen LogP contribution in [0.15, 0.2) is 200 Å². The highest BCUT2D eigenvalue weighted by Gasteiger charge is 2.41. The smallest absolute Gasteiger partial charge is 0.0625 e. The Labute approximate surface area is 347 Å². The molecule has 0 saturated heterocycles. The van der Waals surface area contributed by atoms with Gasteiger partial charge in [-0.3, -0.25) is 0 Å². The van der Waals surface area contributed by atoms with Crippen molar-refractivity contribution in [2.24, 2.45) is 0 Å². The van der Waals surface area contributed by atoms with E-state index < -0.39 is 0 Å². The van der Waals surface area contributed by atoms with E-state index in [2.05, 4.69) is 233 Å². The molecule has 59 heavy (non-hydrogen) atoms. The molecule has 0 unspecified atom stereocenters. The molecule has 0 aromatic heterocycles. The van der Waals surface area contributed by atoms with Gasteiger partial charge < -0.3 is 4.90 Å². The molecule has 0 atom stereocenters. The monoisotopic (exact) mass is 755 g/mol. The van der Waals surface area contributed by atoms with Crippen molar-refractivity contribution in [2.45, 2.75) is 38.5 Å². The van der Waals surface area contributed by atoms with Crippen molar-refractivity contribution in [2.75, 3.05) is 4.90 Å². The van der Waals surface area contributed by atoms with Crippen LogP contribution in [0.1, 0.15) is 49.9 Å². The normalized spacial score (nSPS) is 14.0. The fraction of sp³-hybridized carbons (Fsp3) is 0.103. The van der Waals surface area contributed by atoms with Gasteiger partial charge in [-0.1, -0.05) is 210 Å². The summed E-state index contributed by atoms with van der Waals surface area (Å²) in [5.74, 6) is 0. The fourth-order valence-corrected chi connectivity index (χ4v) is 10.4. The third-order valence-corrected chi connectivity index (χ3v) is 13.2. The van der Waals surface area contributed by atoms with Crippen LogP contribution in [0.25, 0.3) is 66.4 Å². The molecule has 9 aromatic rings. The Morgan fingerprint density at radius 2 is 0.847 bits per heavy atom. The lowest BCUT2D eigenvalue weighted by atomic mass is 9.78. The van der Waals surface area contributed by atoms with Gasteiger partial charge in [-0.05, 0) is 90.3 Å². The number of para-hydroxylation sites is 1. The van der Waals surface area contributed by atoms with E-state index in [0.29, 0.717) is 0 Å². The Balaban J connectivity index is 1.26. The molecule has 0 amide bonds. The maximum absolute atomic E-state index is 2.60. The molecule has 1 nitrogen and oxygen atoms in total. The number of hydrogen-bond acceptors (Lipinski definition) is 1. The van der Waals surface area contributed by atoms with E-state index >= 15 is 0 Å². The number of benzene rings is 9. The number of fused-ring (bicyclic) bond motifs is 8. The predicted molar refractivity (Wildman–Crippen MR) is 250 cm³/mol. The highest BCUT2D eigenvalue weighted by atomic mass is 15.2. The van der Waals surface area contributed by atoms with Gasteiger partial charge in [0, 0.05) is 33.0 Å². The Morgan fingerprint density at radius 3 is 1.56 bits per heavy atom. The van der Waals surface area contributed by atoms with Gasteiger partial charge >= 0.3 is 0 Å². The van der Waals surface area contributed by atoms with Crippen molar-refractivity contribution in [3.05, 3.63) is 222 Å². The third-order valence-electron chi connectivity index (χ3n) is 13.2. The van der Waals surface area contributed by atoms with Gasteiger partial charge in [-0.2, -0.15) is 0 Å². The first-order valence-electron chi connectivity index (χ1n) is 20.9. The lowest BCUT2D eigenvalue weighted by Crippen LogP contribution is -2.19. The van der Waals surface area contributed by atoms with Gasteiger partial charge in [0.05, 0.1) is 11.4 Å². The maximum Gasteiger partial charge on any atom is 0.0625 e. The van der Waals surface area contributed by atoms with Crippen LogP contribution in [-0.2, 0) is 10.8 Å². The van der Waals surface area contributed by atoms with Crippen molar-refractivity contribution in [3.63, 3.8) is 0 Å². The second-order valence-electron chi connectivity index (χ2n) is 17.3. The molecular weight excluding hydrogens is 711 g/mol. The van der Waals surface area contributed by atoms with Gasteiger partial charge in [0.1, 0.15) is 0 Å². The number of rotatable bonds is 6. The highest BCUT2D eigenvalue weighted by Crippen LogP contribution is 2.60. The summed E-state index contributed by atoms with van der Waals surface area (Å²) < 4.78 is 0. The molecule has 0 fully saturated rings. The average Bonchev–Trinajstić information content (AvgIpc) is 3.67. The molecule has 0 N–H and O–H groups in total. The maximum atomic E-state index is 2.60. The van der Waals surface area contributed by atoms with Gasteiger partial charge in [0.15, 0.2) is 0 Å². The van der Waals surface area contributed by atoms with E-state index in [1.807, 2.05) is 0 Å². The number of anilines is 3. The largest absolute Gasteiger partial charge is 0.309 e. The molecule has 282 valence electrons. The van der Waals surface area contributed by atoms with E-state index in [1.165, 1.54) is 94.3 Å². The molecule has 0 heterocycles. The highest BCUT2D eigenvalue weighted by molar-refractivity contribution is 6.16. The quantitative estimate of drug-likeness (QED) is 0.163. The van der Waals surface area contributed by atoms with Crippen LogP contribution in [0.5, 0.6) is 0 Å². The van der Waals surface area contributed by atoms with Gasteiger partial charge in [-0.15, -0.1) is 0 Å². The van der Waals surface area contributed by atoms with Crippen LogP contribution in [0.3, 0.4) is 0 Å². The molecule has 2 aliphatic carbocycles. The summed E-state index contributed by atoms with van der Waals surface area (Å²) >= 11 is 0. The summed E-state index contributed by atoms with van der Waals surface area (Å²) in [4.78, 5) is 2.60. The Kier molecular flexibility index (Phi) is 7.94. The molecule has 2 aliphatic rings. The van der Waals surface area contributed by atoms with E-state index in [4.69, 9.17) is 0 Å². The Bertz CT molecular complexity index is 3080. The summed E-state index contributed by atoms with van der Waals surface area (Å²) in [6.07, 6.45) is 0. The minimum Gasteiger partial charge on any atom is -0.309 e. The fourth-order valence-electron chi connectivity index (χ4n) is 10.4. The molecule has 0 spiro atoms. The van der Waals surface area contributed by atoms with Crippen molar-refractivity contribution in [1.82, 2.24) is 0 Å². The van der Waals surface area contributed by atoms with Crippen molar-refractivity contribution < 1.29 is 0 Å². The molecule has 0 bridgehead atoms. The lowest BCUT2D eigenvalue weighted by Gasteiger charge is -2.34. The van der Waals surface area contributed by atoms with Crippen molar-refractivity contribution in [1.29, 1.82) is 0 Å². The zero-order valence-electron chi connectivity index (χ0n) is 34.0. The molecule has 0 saturated carbocycles. The predicted octanol–water partition coefficient (Wildman–Crippen LogP) is 15.9. The number of nitrogens with zero attached hydrogens (tertiary/aromatic N) is 1. The van der Waals surface area contributed by atoms with Crippen LogP contribution < -0.4 is 4.90 Å². The third kappa shape index (κ3) is 5.31. The van der Waals surface area contributed by atoms with Crippen LogP contribution >= 0.6 is 0 Å². The SMILES string of the molecule is CC1(C)c2ccccc2-c2ccc(N(c3ccccc3-c3ccc(-c4ccccc4)cc3)c3c(-c4ccccc4)c4c(c5ccccc35)C(C)(C)c3ccccc3-4)cc21. The topological polar surface area (TPSA) is 3.24 Å². The first-order chi connectivity index (χ1) is 28.8. The molecule has 9 aromatic carbocycles. The van der Waals surface area contributed by atoms with E-state index in [0.717, 1.165) is 11.4 Å². The van der Waals surface area contributed by atoms with Crippen LogP contribution in [0, 0.1) is 0 Å². The number of hydrogen-bond donors (Lipinski definition) is 0. The Morgan fingerprint density at radius 1 is 0.339 bits per heavy atom. The van der Waals surface area contributed by atoms with E-state index in [9.17, 15) is 0 Å². The zero-order valence-corrected chi connectivity index (χ0v) is 34.0. The van der Waals surface area contributed by atoms with Gasteiger partial charge in [0.2, 0.25) is 0 Å². The minimum atomic E-state index is -0.194. The lowest BCUT2D eigenvalue weighted by molar-refractivity contribution is 0.660. The Hall–Kier alpha value is -6.96. The van der Waals surface area contributed by atoms with Crippen LogP contribution in [0.2, 0.25) is 0 Å². The summed E-state index contributed by atoms with van der Waals surface area (Å²) in [5, 5.41) is 2.53. The summed E-state index contributed by atoms with van der Waals surface area (Å²) in [6, 6.07) is 74.3. The summed E-state index contributed by atoms with van der Waals surface area (Å²) in [5.41, 5.74) is 21.2. The van der Waals surface area contributed by atoms with Crippen LogP contribution in [-0.4, -0.2) is 0 Å². The van der Waals surface area contributed by atoms with Crippen molar-refractivity contribution in [3.8, 4) is 55.6 Å². The second kappa shape index (κ2) is 13.3. The first-order valence-corrected chi connectivity index (χ1v) is 20.9. The molecule has 0 aliphatic heterocycles. The van der Waals surface area contributed by atoms with E-state index in [-0.39, 0.29) is 10.8 Å². The standard InChI is InChI=1S/C58H45N/c1-57(2)49-28-16-13-24-44(49)45-36-35-42(37-51(45)57)59(52-30-18-15-23-43(52)40-33-31-39(32-34-40)38-19-7-5-8-20-38)56-47-26-12-11-25-46(47)55-54(53(56)41-21-9-6-10-22-41)48-27-14-17-29-50(48)58(55,3)4/h5-37H,1-4H3. The average molecular weight is 756 g/mol. The molecule has 0 radical (unpaired) electrons. The summed E-state index contributed by atoms with van der Waals surface area (Å²) in [6.45, 7) is 9.58. The molecule has 11 rings (SSSR count). The van der Waals surface area contributed by atoms with E-state index in [1.54, 1.807) is 0 Å². The van der Waals surface area contributed by atoms with Gasteiger partial charge in [-0.25, -0.2) is 0 Å². The van der Waals surface area contributed by atoms with Crippen LogP contribution in [0.4, 0.5) is 17.1 Å². The molecule has 1 heteroatoms. The van der Waals surface area contributed by atoms with Gasteiger partial charge in [0.25, 0.3) is 0 Å². The zero-order chi connectivity index (χ0) is 39.9.